The molecule has 1 heterocycles. The molecule has 1 N–H and O–H groups in total. The van der Waals surface area contributed by atoms with Gasteiger partial charge in [0.15, 0.2) is 0 Å². The highest BCUT2D eigenvalue weighted by atomic mass is 19.4. The Kier molecular flexibility index (Phi) is 3.13. The van der Waals surface area contributed by atoms with E-state index in [0.29, 0.717) is 0 Å². The van der Waals surface area contributed by atoms with Crippen molar-refractivity contribution in [2.45, 2.75) is 19.0 Å². The minimum Gasteiger partial charge on any atom is -0.392 e. The van der Waals surface area contributed by atoms with Crippen molar-refractivity contribution in [2.75, 3.05) is 0 Å². The van der Waals surface area contributed by atoms with Crippen molar-refractivity contribution in [2.24, 2.45) is 0 Å². The number of rotatable bonds is 1. The monoisotopic (exact) mass is 245 g/mol. The summed E-state index contributed by atoms with van der Waals surface area (Å²) in [4.78, 5) is 2.67. The highest BCUT2D eigenvalue weighted by Gasteiger charge is 2.37. The summed E-state index contributed by atoms with van der Waals surface area (Å²) in [5.41, 5.74) is -3.69. The molecule has 2 nitrogen and oxygen atoms in total. The summed E-state index contributed by atoms with van der Waals surface area (Å²) in [6, 6.07) is 0.183. The van der Waals surface area contributed by atoms with Gasteiger partial charge in [0.2, 0.25) is 0 Å². The van der Waals surface area contributed by atoms with E-state index in [1.165, 1.54) is 0 Å². The first-order chi connectivity index (χ1) is 7.16. The smallest absolute Gasteiger partial charge is 0.392 e. The molecule has 0 atom stereocenters. The highest BCUT2D eigenvalue weighted by Crippen LogP contribution is 2.34. The van der Waals surface area contributed by atoms with Crippen LogP contribution in [-0.2, 0) is 19.0 Å². The summed E-state index contributed by atoms with van der Waals surface area (Å²) < 4.78 is 73.0. The number of hydrogen-bond acceptors (Lipinski definition) is 2. The number of pyridine rings is 1. The summed E-state index contributed by atoms with van der Waals surface area (Å²) >= 11 is 0. The SMILES string of the molecule is OCc1cc(C(F)(F)F)ncc1C(F)(F)F. The van der Waals surface area contributed by atoms with Crippen molar-refractivity contribution < 1.29 is 31.4 Å². The molecule has 0 aromatic carbocycles. The Hall–Kier alpha value is -1.31. The van der Waals surface area contributed by atoms with Gasteiger partial charge in [-0.15, -0.1) is 0 Å². The third-order valence-electron chi connectivity index (χ3n) is 1.76. The fourth-order valence-electron chi connectivity index (χ4n) is 1.04. The summed E-state index contributed by atoms with van der Waals surface area (Å²) in [6.45, 7) is -1.14. The van der Waals surface area contributed by atoms with E-state index in [0.717, 1.165) is 0 Å². The minimum absolute atomic E-state index is 0.0639. The van der Waals surface area contributed by atoms with Gasteiger partial charge in [-0.2, -0.15) is 26.3 Å². The van der Waals surface area contributed by atoms with E-state index < -0.39 is 35.8 Å². The molecule has 1 aromatic heterocycles. The Morgan fingerprint density at radius 3 is 2.00 bits per heavy atom. The molecule has 0 saturated heterocycles. The van der Waals surface area contributed by atoms with Gasteiger partial charge < -0.3 is 5.11 Å². The Bertz CT molecular complexity index is 383. The molecule has 1 rings (SSSR count). The molecular weight excluding hydrogens is 240 g/mol. The summed E-state index contributed by atoms with van der Waals surface area (Å²) in [6.07, 6.45) is -9.61. The van der Waals surface area contributed by atoms with Crippen LogP contribution in [0.1, 0.15) is 16.8 Å². The molecule has 8 heteroatoms. The molecular formula is C8H5F6NO. The van der Waals surface area contributed by atoms with Gasteiger partial charge >= 0.3 is 12.4 Å². The predicted octanol–water partition coefficient (Wildman–Crippen LogP) is 2.61. The minimum atomic E-state index is -4.84. The molecule has 0 amide bonds. The van der Waals surface area contributed by atoms with Crippen LogP contribution in [0.25, 0.3) is 0 Å². The van der Waals surface area contributed by atoms with Gasteiger partial charge in [-0.25, -0.2) is 0 Å². The maximum Gasteiger partial charge on any atom is 0.433 e. The average Bonchev–Trinajstić information content (AvgIpc) is 2.14. The average molecular weight is 245 g/mol. The van der Waals surface area contributed by atoms with Crippen LogP contribution in [0.4, 0.5) is 26.3 Å². The molecule has 1 aromatic rings. The lowest BCUT2D eigenvalue weighted by Gasteiger charge is -2.13. The van der Waals surface area contributed by atoms with E-state index in [4.69, 9.17) is 5.11 Å². The van der Waals surface area contributed by atoms with Gasteiger partial charge in [-0.05, 0) is 11.6 Å². The number of hydrogen-bond donors (Lipinski definition) is 1. The number of aliphatic hydroxyl groups is 1. The zero-order valence-electron chi connectivity index (χ0n) is 7.52. The van der Waals surface area contributed by atoms with Gasteiger partial charge in [0.25, 0.3) is 0 Å². The van der Waals surface area contributed by atoms with Crippen LogP contribution < -0.4 is 0 Å². The number of aromatic nitrogens is 1. The molecule has 90 valence electrons. The van der Waals surface area contributed by atoms with E-state index in [9.17, 15) is 26.3 Å². The standard InChI is InChI=1S/C8H5F6NO/c9-7(10,11)5-2-15-6(8(12,13)14)1-4(5)3-16/h1-2,16H,3H2. The number of alkyl halides is 6. The van der Waals surface area contributed by atoms with Gasteiger partial charge in [0.05, 0.1) is 12.2 Å². The largest absolute Gasteiger partial charge is 0.433 e. The van der Waals surface area contributed by atoms with Crippen molar-refractivity contribution in [1.82, 2.24) is 4.98 Å². The van der Waals surface area contributed by atoms with Crippen LogP contribution in [0.5, 0.6) is 0 Å². The normalized spacial score (nSPS) is 12.9. The van der Waals surface area contributed by atoms with Crippen LogP contribution in [0.15, 0.2) is 12.3 Å². The zero-order chi connectivity index (χ0) is 12.6. The fourth-order valence-corrected chi connectivity index (χ4v) is 1.04. The Morgan fingerprint density at radius 1 is 1.06 bits per heavy atom. The van der Waals surface area contributed by atoms with E-state index in [1.807, 2.05) is 0 Å². The number of aliphatic hydroxyl groups excluding tert-OH is 1. The maximum absolute atomic E-state index is 12.2. The van der Waals surface area contributed by atoms with Crippen molar-refractivity contribution in [1.29, 1.82) is 0 Å². The predicted molar refractivity (Wildman–Crippen MR) is 40.2 cm³/mol. The van der Waals surface area contributed by atoms with E-state index in [2.05, 4.69) is 4.98 Å². The molecule has 16 heavy (non-hydrogen) atoms. The lowest BCUT2D eigenvalue weighted by molar-refractivity contribution is -0.145. The number of nitrogens with zero attached hydrogens (tertiary/aromatic N) is 1. The van der Waals surface area contributed by atoms with Crippen LogP contribution in [0.2, 0.25) is 0 Å². The molecule has 0 fully saturated rings. The quantitative estimate of drug-likeness (QED) is 0.771. The molecule has 0 aliphatic rings. The van der Waals surface area contributed by atoms with Crippen LogP contribution in [-0.4, -0.2) is 10.1 Å². The van der Waals surface area contributed by atoms with E-state index in [-0.39, 0.29) is 12.3 Å². The van der Waals surface area contributed by atoms with Gasteiger partial charge in [-0.1, -0.05) is 0 Å². The first-order valence-electron chi connectivity index (χ1n) is 3.90. The first kappa shape index (κ1) is 12.8. The van der Waals surface area contributed by atoms with Gasteiger partial charge in [-0.3, -0.25) is 4.98 Å². The molecule has 0 aliphatic carbocycles. The van der Waals surface area contributed by atoms with Crippen LogP contribution >= 0.6 is 0 Å². The van der Waals surface area contributed by atoms with Gasteiger partial charge in [0.1, 0.15) is 5.69 Å². The Balaban J connectivity index is 3.28. The summed E-state index contributed by atoms with van der Waals surface area (Å²) in [5, 5.41) is 8.58. The first-order valence-corrected chi connectivity index (χ1v) is 3.90. The maximum atomic E-state index is 12.2. The summed E-state index contributed by atoms with van der Waals surface area (Å²) in [5.74, 6) is 0. The molecule has 0 aliphatic heterocycles. The third kappa shape index (κ3) is 2.63. The Morgan fingerprint density at radius 2 is 1.62 bits per heavy atom. The van der Waals surface area contributed by atoms with E-state index in [1.54, 1.807) is 0 Å². The zero-order valence-corrected chi connectivity index (χ0v) is 7.52. The second-order valence-electron chi connectivity index (χ2n) is 2.88. The second-order valence-corrected chi connectivity index (χ2v) is 2.88. The lowest BCUT2D eigenvalue weighted by atomic mass is 10.1. The van der Waals surface area contributed by atoms with Crippen molar-refractivity contribution in [3.05, 3.63) is 29.1 Å². The second kappa shape index (κ2) is 3.93. The van der Waals surface area contributed by atoms with Crippen LogP contribution in [0.3, 0.4) is 0 Å². The highest BCUT2D eigenvalue weighted by molar-refractivity contribution is 5.29. The number of halogens is 6. The topological polar surface area (TPSA) is 33.1 Å². The van der Waals surface area contributed by atoms with Crippen molar-refractivity contribution in [3.63, 3.8) is 0 Å². The molecule has 0 spiro atoms. The molecule has 0 saturated carbocycles. The summed E-state index contributed by atoms with van der Waals surface area (Å²) in [7, 11) is 0. The molecule has 0 unspecified atom stereocenters. The van der Waals surface area contributed by atoms with Gasteiger partial charge in [0, 0.05) is 6.20 Å². The molecule has 0 bridgehead atoms. The van der Waals surface area contributed by atoms with Crippen LogP contribution in [0, 0.1) is 0 Å². The van der Waals surface area contributed by atoms with Crippen molar-refractivity contribution >= 4 is 0 Å². The Labute approximate surface area is 85.5 Å². The third-order valence-corrected chi connectivity index (χ3v) is 1.76. The van der Waals surface area contributed by atoms with Crippen molar-refractivity contribution in [3.8, 4) is 0 Å². The lowest BCUT2D eigenvalue weighted by Crippen LogP contribution is -2.14. The van der Waals surface area contributed by atoms with E-state index >= 15 is 0 Å². The fraction of sp³-hybridized carbons (Fsp3) is 0.375. The molecule has 0 radical (unpaired) electrons.